The van der Waals surface area contributed by atoms with E-state index in [4.69, 9.17) is 4.74 Å². The minimum absolute atomic E-state index is 0.000537. The highest BCUT2D eigenvalue weighted by Gasteiger charge is 2.29. The molecule has 9 nitrogen and oxygen atoms in total. The third-order valence-electron chi connectivity index (χ3n) is 3.52. The number of hydrazine groups is 1. The maximum absolute atomic E-state index is 11.9. The number of pyridine rings is 1. The van der Waals surface area contributed by atoms with Crippen LogP contribution in [0.15, 0.2) is 24.5 Å². The summed E-state index contributed by atoms with van der Waals surface area (Å²) in [5.41, 5.74) is 5.91. The van der Waals surface area contributed by atoms with Crippen LogP contribution in [-0.4, -0.2) is 34.1 Å². The predicted molar refractivity (Wildman–Crippen MR) is 84.2 cm³/mol. The van der Waals surface area contributed by atoms with Crippen LogP contribution in [0.3, 0.4) is 0 Å². The van der Waals surface area contributed by atoms with E-state index in [1.807, 2.05) is 0 Å². The molecule has 0 spiro atoms. The van der Waals surface area contributed by atoms with Crippen molar-refractivity contribution < 1.29 is 19.1 Å². The van der Waals surface area contributed by atoms with Crippen molar-refractivity contribution in [2.45, 2.75) is 19.8 Å². The Balaban J connectivity index is 1.67. The van der Waals surface area contributed by atoms with Crippen molar-refractivity contribution in [3.05, 3.63) is 30.1 Å². The first-order valence-electron chi connectivity index (χ1n) is 7.60. The lowest BCUT2D eigenvalue weighted by Crippen LogP contribution is -2.44. The average molecular weight is 331 g/mol. The summed E-state index contributed by atoms with van der Waals surface area (Å²) in [5.74, 6) is -0.674. The Hall–Kier alpha value is -3.10. The summed E-state index contributed by atoms with van der Waals surface area (Å²) in [6.45, 7) is 1.98. The van der Waals surface area contributed by atoms with Crippen molar-refractivity contribution in [2.75, 3.05) is 11.9 Å². The van der Waals surface area contributed by atoms with Crippen LogP contribution in [0.5, 0.6) is 0 Å². The van der Waals surface area contributed by atoms with Crippen LogP contribution >= 0.6 is 0 Å². The van der Waals surface area contributed by atoms with Crippen LogP contribution in [-0.2, 0) is 9.53 Å². The van der Waals surface area contributed by atoms with Gasteiger partial charge in [0, 0.05) is 17.8 Å². The number of hydrogen-bond acceptors (Lipinski definition) is 5. The van der Waals surface area contributed by atoms with Gasteiger partial charge in [0.05, 0.1) is 18.3 Å². The molecule has 1 aliphatic carbocycles. The van der Waals surface area contributed by atoms with E-state index in [1.54, 1.807) is 25.3 Å². The van der Waals surface area contributed by atoms with Gasteiger partial charge in [-0.25, -0.2) is 19.5 Å². The summed E-state index contributed by atoms with van der Waals surface area (Å²) < 4.78 is 6.47. The van der Waals surface area contributed by atoms with Crippen molar-refractivity contribution in [3.63, 3.8) is 0 Å². The number of nitrogens with zero attached hydrogens (tertiary/aromatic N) is 2. The molecule has 3 amide bonds. The molecule has 0 aromatic carbocycles. The molecule has 0 atom stereocenters. The Labute approximate surface area is 137 Å². The Morgan fingerprint density at radius 1 is 1.33 bits per heavy atom. The lowest BCUT2D eigenvalue weighted by Gasteiger charge is -2.09. The normalized spacial score (nSPS) is 13.4. The number of urea groups is 1. The Kier molecular flexibility index (Phi) is 4.32. The largest absolute Gasteiger partial charge is 0.462 e. The van der Waals surface area contributed by atoms with Crippen molar-refractivity contribution in [3.8, 4) is 0 Å². The molecule has 9 heteroatoms. The fourth-order valence-electron chi connectivity index (χ4n) is 2.15. The van der Waals surface area contributed by atoms with Gasteiger partial charge in [-0.3, -0.25) is 10.2 Å². The highest BCUT2D eigenvalue weighted by Crippen LogP contribution is 2.28. The maximum Gasteiger partial charge on any atom is 0.341 e. The molecule has 0 aliphatic heterocycles. The number of rotatable bonds is 4. The number of anilines is 1. The number of carbonyl (C=O) groups is 3. The number of nitrogens with one attached hydrogen (secondary N) is 3. The van der Waals surface area contributed by atoms with Gasteiger partial charge in [0.2, 0.25) is 5.91 Å². The van der Waals surface area contributed by atoms with Crippen LogP contribution in [0.2, 0.25) is 0 Å². The molecule has 24 heavy (non-hydrogen) atoms. The van der Waals surface area contributed by atoms with Crippen molar-refractivity contribution >= 4 is 29.1 Å². The molecule has 126 valence electrons. The second kappa shape index (κ2) is 6.57. The minimum Gasteiger partial charge on any atom is -0.462 e. The summed E-state index contributed by atoms with van der Waals surface area (Å²) in [6, 6.07) is 2.64. The SMILES string of the molecule is CCOC(=O)c1cnn2ccc(NC(=O)NNC(=O)C3CC3)cc12. The predicted octanol–water partition coefficient (Wildman–Crippen LogP) is 1.07. The first-order valence-corrected chi connectivity index (χ1v) is 7.60. The van der Waals surface area contributed by atoms with Crippen molar-refractivity contribution in [1.29, 1.82) is 0 Å². The fourth-order valence-corrected chi connectivity index (χ4v) is 2.15. The zero-order valence-electron chi connectivity index (χ0n) is 13.0. The quantitative estimate of drug-likeness (QED) is 0.573. The molecule has 0 radical (unpaired) electrons. The Morgan fingerprint density at radius 3 is 2.83 bits per heavy atom. The van der Waals surface area contributed by atoms with Crippen molar-refractivity contribution in [2.24, 2.45) is 5.92 Å². The molecule has 1 aliphatic rings. The number of ether oxygens (including phenoxy) is 1. The van der Waals surface area contributed by atoms with Crippen molar-refractivity contribution in [1.82, 2.24) is 20.5 Å². The first kappa shape index (κ1) is 15.8. The second-order valence-electron chi connectivity index (χ2n) is 5.37. The zero-order chi connectivity index (χ0) is 17.1. The molecular weight excluding hydrogens is 314 g/mol. The van der Waals surface area contributed by atoms with Crippen LogP contribution in [0.25, 0.3) is 5.52 Å². The number of esters is 1. The second-order valence-corrected chi connectivity index (χ2v) is 5.37. The monoisotopic (exact) mass is 331 g/mol. The van der Waals surface area contributed by atoms with E-state index in [2.05, 4.69) is 21.3 Å². The molecule has 0 unspecified atom stereocenters. The lowest BCUT2D eigenvalue weighted by atomic mass is 10.2. The van der Waals surface area contributed by atoms with Crippen LogP contribution in [0.1, 0.15) is 30.1 Å². The van der Waals surface area contributed by atoms with Gasteiger partial charge in [-0.2, -0.15) is 5.10 Å². The highest BCUT2D eigenvalue weighted by atomic mass is 16.5. The van der Waals surface area contributed by atoms with E-state index in [1.165, 1.54) is 10.7 Å². The third-order valence-corrected chi connectivity index (χ3v) is 3.52. The van der Waals surface area contributed by atoms with E-state index in [0.717, 1.165) is 12.8 Å². The lowest BCUT2D eigenvalue weighted by molar-refractivity contribution is -0.122. The third kappa shape index (κ3) is 3.45. The summed E-state index contributed by atoms with van der Waals surface area (Å²) in [6.07, 6.45) is 4.72. The van der Waals surface area contributed by atoms with Gasteiger partial charge in [-0.05, 0) is 31.9 Å². The number of hydrogen-bond donors (Lipinski definition) is 3. The summed E-state index contributed by atoms with van der Waals surface area (Å²) in [5, 5.41) is 6.64. The van der Waals surface area contributed by atoms with Gasteiger partial charge >= 0.3 is 12.0 Å². The molecule has 3 rings (SSSR count). The molecular formula is C15H17N5O4. The standard InChI is InChI=1S/C15H17N5O4/c1-2-24-14(22)11-8-16-20-6-5-10(7-12(11)20)17-15(23)19-18-13(21)9-3-4-9/h5-9H,2-4H2,1H3,(H,18,21)(H2,17,19,23). The maximum atomic E-state index is 11.9. The van der Waals surface area contributed by atoms with Gasteiger partial charge in [0.25, 0.3) is 0 Å². The summed E-state index contributed by atoms with van der Waals surface area (Å²) >= 11 is 0. The van der Waals surface area contributed by atoms with Gasteiger partial charge in [-0.1, -0.05) is 0 Å². The zero-order valence-corrected chi connectivity index (χ0v) is 13.0. The molecule has 2 aromatic heterocycles. The number of aromatic nitrogens is 2. The molecule has 0 bridgehead atoms. The average Bonchev–Trinajstić information content (AvgIpc) is 3.33. The van der Waals surface area contributed by atoms with Crippen LogP contribution < -0.4 is 16.2 Å². The number of fused-ring (bicyclic) bond motifs is 1. The molecule has 3 N–H and O–H groups in total. The highest BCUT2D eigenvalue weighted by molar-refractivity contribution is 5.98. The molecule has 2 heterocycles. The van der Waals surface area contributed by atoms with Crippen LogP contribution in [0.4, 0.5) is 10.5 Å². The van der Waals surface area contributed by atoms with Gasteiger partial charge in [0.15, 0.2) is 0 Å². The first-order chi connectivity index (χ1) is 11.6. The van der Waals surface area contributed by atoms with E-state index < -0.39 is 12.0 Å². The summed E-state index contributed by atoms with van der Waals surface area (Å²) in [4.78, 5) is 35.1. The topological polar surface area (TPSA) is 114 Å². The van der Waals surface area contributed by atoms with E-state index in [0.29, 0.717) is 16.8 Å². The van der Waals surface area contributed by atoms with E-state index in [-0.39, 0.29) is 18.4 Å². The van der Waals surface area contributed by atoms with Crippen LogP contribution in [0, 0.1) is 5.92 Å². The summed E-state index contributed by atoms with van der Waals surface area (Å²) in [7, 11) is 0. The van der Waals surface area contributed by atoms with Gasteiger partial charge in [-0.15, -0.1) is 0 Å². The number of amides is 3. The smallest absolute Gasteiger partial charge is 0.341 e. The fraction of sp³-hybridized carbons (Fsp3) is 0.333. The van der Waals surface area contributed by atoms with E-state index in [9.17, 15) is 14.4 Å². The van der Waals surface area contributed by atoms with Gasteiger partial charge < -0.3 is 10.1 Å². The van der Waals surface area contributed by atoms with Gasteiger partial charge in [0.1, 0.15) is 5.56 Å². The molecule has 1 saturated carbocycles. The number of carbonyl (C=O) groups excluding carboxylic acids is 3. The van der Waals surface area contributed by atoms with E-state index >= 15 is 0 Å². The Morgan fingerprint density at radius 2 is 2.12 bits per heavy atom. The molecule has 0 saturated heterocycles. The molecule has 1 fully saturated rings. The Bertz CT molecular complexity index is 796. The minimum atomic E-state index is -0.578. The molecule has 2 aromatic rings.